The molecular formula is C10H10FIN2. The molecule has 0 radical (unpaired) electrons. The van der Waals surface area contributed by atoms with Crippen LogP contribution in [0.1, 0.15) is 13.3 Å². The van der Waals surface area contributed by atoms with Crippen molar-refractivity contribution in [3.8, 4) is 6.07 Å². The van der Waals surface area contributed by atoms with Gasteiger partial charge in [-0.1, -0.05) is 0 Å². The summed E-state index contributed by atoms with van der Waals surface area (Å²) in [7, 11) is 0. The van der Waals surface area contributed by atoms with E-state index in [1.807, 2.05) is 6.92 Å². The average molecular weight is 304 g/mol. The van der Waals surface area contributed by atoms with Crippen molar-refractivity contribution in [2.24, 2.45) is 0 Å². The van der Waals surface area contributed by atoms with Crippen LogP contribution in [0.3, 0.4) is 0 Å². The van der Waals surface area contributed by atoms with Gasteiger partial charge in [-0.25, -0.2) is 4.39 Å². The van der Waals surface area contributed by atoms with E-state index in [0.717, 1.165) is 9.26 Å². The molecule has 1 N–H and O–H groups in total. The summed E-state index contributed by atoms with van der Waals surface area (Å²) in [5.74, 6) is -0.243. The van der Waals surface area contributed by atoms with Crippen molar-refractivity contribution in [3.05, 3.63) is 27.6 Å². The highest BCUT2D eigenvalue weighted by atomic mass is 127. The molecule has 0 bridgehead atoms. The molecule has 0 aliphatic rings. The molecule has 0 aliphatic carbocycles. The Bertz CT molecular complexity index is 360. The zero-order chi connectivity index (χ0) is 10.6. The third-order valence-electron chi connectivity index (χ3n) is 1.73. The van der Waals surface area contributed by atoms with Gasteiger partial charge in [0.05, 0.1) is 12.5 Å². The number of nitrogens with zero attached hydrogens (tertiary/aromatic N) is 1. The predicted molar refractivity (Wildman–Crippen MR) is 62.4 cm³/mol. The van der Waals surface area contributed by atoms with Gasteiger partial charge < -0.3 is 5.32 Å². The van der Waals surface area contributed by atoms with Crippen LogP contribution in [0.4, 0.5) is 10.1 Å². The van der Waals surface area contributed by atoms with Crippen LogP contribution in [0.25, 0.3) is 0 Å². The van der Waals surface area contributed by atoms with Gasteiger partial charge in [-0.05, 0) is 47.7 Å². The van der Waals surface area contributed by atoms with Crippen LogP contribution in [-0.2, 0) is 0 Å². The second-order valence-corrected chi connectivity index (χ2v) is 4.19. The zero-order valence-corrected chi connectivity index (χ0v) is 9.88. The largest absolute Gasteiger partial charge is 0.381 e. The molecule has 1 aromatic rings. The van der Waals surface area contributed by atoms with E-state index in [1.54, 1.807) is 6.07 Å². The Kier molecular flexibility index (Phi) is 4.14. The number of anilines is 1. The molecule has 0 heterocycles. The molecule has 0 aliphatic heterocycles. The predicted octanol–water partition coefficient (Wildman–Crippen LogP) is 3.14. The van der Waals surface area contributed by atoms with Crippen LogP contribution in [0.2, 0.25) is 0 Å². The molecule has 0 fully saturated rings. The summed E-state index contributed by atoms with van der Waals surface area (Å²) in [6, 6.07) is 6.71. The third-order valence-corrected chi connectivity index (χ3v) is 2.62. The highest BCUT2D eigenvalue weighted by molar-refractivity contribution is 14.1. The topological polar surface area (TPSA) is 35.8 Å². The highest BCUT2D eigenvalue weighted by Gasteiger charge is 2.04. The summed E-state index contributed by atoms with van der Waals surface area (Å²) in [6.07, 6.45) is 0.438. The van der Waals surface area contributed by atoms with Crippen molar-refractivity contribution in [2.45, 2.75) is 19.4 Å². The minimum atomic E-state index is -0.243. The van der Waals surface area contributed by atoms with Crippen molar-refractivity contribution < 1.29 is 4.39 Å². The Morgan fingerprint density at radius 2 is 2.36 bits per heavy atom. The van der Waals surface area contributed by atoms with Crippen LogP contribution in [0, 0.1) is 20.7 Å². The van der Waals surface area contributed by atoms with Gasteiger partial charge in [0, 0.05) is 15.3 Å². The summed E-state index contributed by atoms with van der Waals surface area (Å²) >= 11 is 2.06. The first-order valence-corrected chi connectivity index (χ1v) is 5.30. The molecule has 4 heteroatoms. The van der Waals surface area contributed by atoms with Gasteiger partial charge in [0.25, 0.3) is 0 Å². The summed E-state index contributed by atoms with van der Waals surface area (Å²) in [4.78, 5) is 0. The summed E-state index contributed by atoms with van der Waals surface area (Å²) < 4.78 is 13.6. The lowest BCUT2D eigenvalue weighted by Gasteiger charge is -2.13. The quantitative estimate of drug-likeness (QED) is 0.871. The molecule has 0 aromatic heterocycles. The minimum absolute atomic E-state index is 0.0824. The van der Waals surface area contributed by atoms with E-state index in [9.17, 15) is 4.39 Å². The molecule has 74 valence electrons. The molecule has 0 amide bonds. The van der Waals surface area contributed by atoms with Crippen LogP contribution in [-0.4, -0.2) is 6.04 Å². The van der Waals surface area contributed by atoms with Gasteiger partial charge >= 0.3 is 0 Å². The smallest absolute Gasteiger partial charge is 0.124 e. The van der Waals surface area contributed by atoms with Gasteiger partial charge in [-0.3, -0.25) is 0 Å². The third kappa shape index (κ3) is 3.14. The number of nitriles is 1. The van der Waals surface area contributed by atoms with Gasteiger partial charge in [0.15, 0.2) is 0 Å². The second-order valence-electron chi connectivity index (χ2n) is 3.03. The van der Waals surface area contributed by atoms with Crippen molar-refractivity contribution in [3.63, 3.8) is 0 Å². The first-order valence-electron chi connectivity index (χ1n) is 4.22. The maximum Gasteiger partial charge on any atom is 0.124 e. The van der Waals surface area contributed by atoms with Crippen LogP contribution in [0.15, 0.2) is 18.2 Å². The fraction of sp³-hybridized carbons (Fsp3) is 0.300. The number of benzene rings is 1. The molecule has 0 saturated carbocycles. The zero-order valence-electron chi connectivity index (χ0n) is 7.72. The molecule has 1 unspecified atom stereocenters. The van der Waals surface area contributed by atoms with Crippen molar-refractivity contribution in [1.29, 1.82) is 5.26 Å². The molecule has 2 nitrogen and oxygen atoms in total. The fourth-order valence-corrected chi connectivity index (χ4v) is 1.69. The first kappa shape index (κ1) is 11.2. The standard InChI is InChI=1S/C10H10FIN2/c1-7(4-5-13)14-10-3-2-8(11)6-9(10)12/h2-3,6-7,14H,4H2,1H3. The molecule has 0 saturated heterocycles. The summed E-state index contributed by atoms with van der Waals surface area (Å²) in [5, 5.41) is 11.6. The lowest BCUT2D eigenvalue weighted by molar-refractivity contribution is 0.627. The SMILES string of the molecule is CC(CC#N)Nc1ccc(F)cc1I. The van der Waals surface area contributed by atoms with E-state index >= 15 is 0 Å². The van der Waals surface area contributed by atoms with Crippen molar-refractivity contribution in [1.82, 2.24) is 0 Å². The van der Waals surface area contributed by atoms with Crippen LogP contribution >= 0.6 is 22.6 Å². The van der Waals surface area contributed by atoms with E-state index in [1.165, 1.54) is 12.1 Å². The molecule has 1 atom stereocenters. The average Bonchev–Trinajstić information content (AvgIpc) is 2.10. The van der Waals surface area contributed by atoms with Crippen molar-refractivity contribution >= 4 is 28.3 Å². The van der Waals surface area contributed by atoms with E-state index < -0.39 is 0 Å². The van der Waals surface area contributed by atoms with Crippen LogP contribution < -0.4 is 5.32 Å². The monoisotopic (exact) mass is 304 g/mol. The Morgan fingerprint density at radius 1 is 1.64 bits per heavy atom. The Labute approximate surface area is 96.3 Å². The normalized spacial score (nSPS) is 11.9. The number of hydrogen-bond donors (Lipinski definition) is 1. The lowest BCUT2D eigenvalue weighted by atomic mass is 10.2. The van der Waals surface area contributed by atoms with E-state index in [4.69, 9.17) is 5.26 Å². The van der Waals surface area contributed by atoms with Gasteiger partial charge in [-0.15, -0.1) is 0 Å². The van der Waals surface area contributed by atoms with E-state index in [-0.39, 0.29) is 11.9 Å². The second kappa shape index (κ2) is 5.15. The highest BCUT2D eigenvalue weighted by Crippen LogP contribution is 2.20. The number of nitrogens with one attached hydrogen (secondary N) is 1. The number of halogens is 2. The number of hydrogen-bond acceptors (Lipinski definition) is 2. The minimum Gasteiger partial charge on any atom is -0.381 e. The Morgan fingerprint density at radius 3 is 2.93 bits per heavy atom. The first-order chi connectivity index (χ1) is 6.63. The van der Waals surface area contributed by atoms with Crippen molar-refractivity contribution in [2.75, 3.05) is 5.32 Å². The molecule has 14 heavy (non-hydrogen) atoms. The molecule has 0 spiro atoms. The Balaban J connectivity index is 2.73. The van der Waals surface area contributed by atoms with E-state index in [0.29, 0.717) is 6.42 Å². The maximum absolute atomic E-state index is 12.7. The maximum atomic E-state index is 12.7. The molecular weight excluding hydrogens is 294 g/mol. The van der Waals surface area contributed by atoms with Gasteiger partial charge in [0.1, 0.15) is 5.82 Å². The number of rotatable bonds is 3. The van der Waals surface area contributed by atoms with Gasteiger partial charge in [0.2, 0.25) is 0 Å². The lowest BCUT2D eigenvalue weighted by Crippen LogP contribution is -2.14. The summed E-state index contributed by atoms with van der Waals surface area (Å²) in [6.45, 7) is 1.92. The molecule has 1 rings (SSSR count). The van der Waals surface area contributed by atoms with E-state index in [2.05, 4.69) is 34.0 Å². The van der Waals surface area contributed by atoms with Crippen LogP contribution in [0.5, 0.6) is 0 Å². The fourth-order valence-electron chi connectivity index (χ4n) is 1.06. The van der Waals surface area contributed by atoms with Gasteiger partial charge in [-0.2, -0.15) is 5.26 Å². The Hall–Kier alpha value is -0.830. The summed E-state index contributed by atoms with van der Waals surface area (Å²) in [5.41, 5.74) is 0.870. The molecule has 1 aromatic carbocycles.